The lowest BCUT2D eigenvalue weighted by Crippen LogP contribution is -2.12. The molecule has 0 radical (unpaired) electrons. The highest BCUT2D eigenvalue weighted by Crippen LogP contribution is 2.17. The van der Waals surface area contributed by atoms with Gasteiger partial charge in [0.15, 0.2) is 5.84 Å². The summed E-state index contributed by atoms with van der Waals surface area (Å²) in [5, 5.41) is 0.118. The lowest BCUT2D eigenvalue weighted by molar-refractivity contribution is 0.628. The van der Waals surface area contributed by atoms with Gasteiger partial charge in [0.1, 0.15) is 5.82 Å². The summed E-state index contributed by atoms with van der Waals surface area (Å²) in [6.07, 6.45) is 1.83. The third-order valence-corrected chi connectivity index (χ3v) is 2.46. The topological polar surface area (TPSA) is 24.7 Å². The first-order valence-electron chi connectivity index (χ1n) is 4.71. The van der Waals surface area contributed by atoms with Gasteiger partial charge in [-0.1, -0.05) is 18.5 Å². The summed E-state index contributed by atoms with van der Waals surface area (Å²) >= 11 is 5.59. The molecular formula is C11H10ClFN2. The van der Waals surface area contributed by atoms with Gasteiger partial charge in [-0.3, -0.25) is 4.99 Å². The molecule has 2 nitrogen and oxygen atoms in total. The minimum atomic E-state index is -0.439. The Kier molecular flexibility index (Phi) is 2.82. The van der Waals surface area contributed by atoms with Crippen molar-refractivity contribution in [2.75, 3.05) is 6.54 Å². The second-order valence-corrected chi connectivity index (χ2v) is 3.96. The fourth-order valence-electron chi connectivity index (χ4n) is 1.32. The molecule has 1 heterocycles. The molecule has 15 heavy (non-hydrogen) atoms. The molecule has 0 amide bonds. The summed E-state index contributed by atoms with van der Waals surface area (Å²) in [6, 6.07) is 4.59. The Morgan fingerprint density at radius 1 is 1.47 bits per heavy atom. The largest absolute Gasteiger partial charge is 0.266 e. The number of rotatable bonds is 1. The molecule has 0 saturated heterocycles. The van der Waals surface area contributed by atoms with Crippen molar-refractivity contribution >= 4 is 23.7 Å². The van der Waals surface area contributed by atoms with Crippen molar-refractivity contribution in [2.24, 2.45) is 15.9 Å². The molecule has 0 aromatic heterocycles. The zero-order chi connectivity index (χ0) is 10.8. The highest BCUT2D eigenvalue weighted by molar-refractivity contribution is 6.30. The van der Waals surface area contributed by atoms with E-state index in [9.17, 15) is 4.39 Å². The molecule has 1 aromatic rings. The van der Waals surface area contributed by atoms with E-state index < -0.39 is 5.82 Å². The van der Waals surface area contributed by atoms with Crippen molar-refractivity contribution in [1.82, 2.24) is 0 Å². The van der Waals surface area contributed by atoms with Crippen LogP contribution in [0.15, 0.2) is 28.2 Å². The van der Waals surface area contributed by atoms with E-state index in [0.717, 1.165) is 0 Å². The van der Waals surface area contributed by atoms with Gasteiger partial charge >= 0.3 is 0 Å². The van der Waals surface area contributed by atoms with Crippen LogP contribution in [0.5, 0.6) is 0 Å². The quantitative estimate of drug-likeness (QED) is 0.701. The Bertz CT molecular complexity index is 440. The van der Waals surface area contributed by atoms with Crippen LogP contribution in [0.25, 0.3) is 0 Å². The molecule has 1 aliphatic heterocycles. The van der Waals surface area contributed by atoms with Crippen LogP contribution in [-0.4, -0.2) is 18.6 Å². The molecule has 0 fully saturated rings. The SMILES string of the molecule is CC1C=NC(c2ccc(Cl)c(F)c2)=NC1. The Labute approximate surface area is 92.5 Å². The van der Waals surface area contributed by atoms with Gasteiger partial charge < -0.3 is 0 Å². The Morgan fingerprint density at radius 3 is 2.87 bits per heavy atom. The Balaban J connectivity index is 2.31. The number of halogens is 2. The second kappa shape index (κ2) is 4.11. The fraction of sp³-hybridized carbons (Fsp3) is 0.273. The minimum absolute atomic E-state index is 0.118. The zero-order valence-corrected chi connectivity index (χ0v) is 9.00. The van der Waals surface area contributed by atoms with E-state index in [1.807, 2.05) is 13.1 Å². The average molecular weight is 225 g/mol. The predicted octanol–water partition coefficient (Wildman–Crippen LogP) is 2.95. The van der Waals surface area contributed by atoms with Gasteiger partial charge in [0, 0.05) is 24.2 Å². The van der Waals surface area contributed by atoms with E-state index in [1.54, 1.807) is 6.07 Å². The summed E-state index contributed by atoms with van der Waals surface area (Å²) < 4.78 is 13.2. The summed E-state index contributed by atoms with van der Waals surface area (Å²) in [6.45, 7) is 2.73. The Morgan fingerprint density at radius 2 is 2.27 bits per heavy atom. The lowest BCUT2D eigenvalue weighted by Gasteiger charge is -2.10. The minimum Gasteiger partial charge on any atom is -0.266 e. The molecule has 1 aromatic carbocycles. The third kappa shape index (κ3) is 2.23. The van der Waals surface area contributed by atoms with Gasteiger partial charge in [0.25, 0.3) is 0 Å². The smallest absolute Gasteiger partial charge is 0.154 e. The summed E-state index contributed by atoms with van der Waals surface area (Å²) in [4.78, 5) is 8.43. The second-order valence-electron chi connectivity index (χ2n) is 3.55. The van der Waals surface area contributed by atoms with Crippen molar-refractivity contribution in [2.45, 2.75) is 6.92 Å². The molecule has 78 valence electrons. The molecule has 0 aliphatic carbocycles. The monoisotopic (exact) mass is 224 g/mol. The molecule has 2 rings (SSSR count). The normalized spacial score (nSPS) is 20.2. The number of hydrogen-bond acceptors (Lipinski definition) is 2. The lowest BCUT2D eigenvalue weighted by atomic mass is 10.1. The zero-order valence-electron chi connectivity index (χ0n) is 8.24. The molecule has 4 heteroatoms. The molecule has 1 unspecified atom stereocenters. The highest BCUT2D eigenvalue weighted by atomic mass is 35.5. The molecule has 1 aliphatic rings. The van der Waals surface area contributed by atoms with E-state index in [-0.39, 0.29) is 5.02 Å². The van der Waals surface area contributed by atoms with Crippen molar-refractivity contribution in [3.63, 3.8) is 0 Å². The van der Waals surface area contributed by atoms with Crippen LogP contribution in [0.2, 0.25) is 5.02 Å². The van der Waals surface area contributed by atoms with Crippen LogP contribution in [0.1, 0.15) is 12.5 Å². The van der Waals surface area contributed by atoms with Crippen molar-refractivity contribution in [3.8, 4) is 0 Å². The van der Waals surface area contributed by atoms with Gasteiger partial charge in [0.05, 0.1) is 5.02 Å². The van der Waals surface area contributed by atoms with E-state index in [2.05, 4.69) is 9.98 Å². The van der Waals surface area contributed by atoms with Crippen LogP contribution in [-0.2, 0) is 0 Å². The number of hydrogen-bond donors (Lipinski definition) is 0. The number of nitrogens with zero attached hydrogens (tertiary/aromatic N) is 2. The van der Waals surface area contributed by atoms with Crippen molar-refractivity contribution in [1.29, 1.82) is 0 Å². The highest BCUT2D eigenvalue weighted by Gasteiger charge is 2.10. The van der Waals surface area contributed by atoms with Crippen LogP contribution in [0.3, 0.4) is 0 Å². The van der Waals surface area contributed by atoms with Crippen LogP contribution < -0.4 is 0 Å². The third-order valence-electron chi connectivity index (χ3n) is 2.16. The number of benzene rings is 1. The first-order valence-corrected chi connectivity index (χ1v) is 5.08. The first kappa shape index (κ1) is 10.3. The van der Waals surface area contributed by atoms with Gasteiger partial charge in [0.2, 0.25) is 0 Å². The molecule has 0 saturated carbocycles. The summed E-state index contributed by atoms with van der Waals surface area (Å²) in [7, 11) is 0. The Hall–Kier alpha value is -1.22. The first-order chi connectivity index (χ1) is 7.16. The van der Waals surface area contributed by atoms with Gasteiger partial charge in [-0.2, -0.15) is 0 Å². The van der Waals surface area contributed by atoms with E-state index in [4.69, 9.17) is 11.6 Å². The molecule has 0 spiro atoms. The molecular weight excluding hydrogens is 215 g/mol. The van der Waals surface area contributed by atoms with Crippen molar-refractivity contribution in [3.05, 3.63) is 34.6 Å². The van der Waals surface area contributed by atoms with Crippen LogP contribution >= 0.6 is 11.6 Å². The summed E-state index contributed by atoms with van der Waals surface area (Å²) in [5.41, 5.74) is 0.667. The molecule has 0 N–H and O–H groups in total. The molecule has 1 atom stereocenters. The van der Waals surface area contributed by atoms with Gasteiger partial charge in [-0.05, 0) is 18.2 Å². The summed E-state index contributed by atoms with van der Waals surface area (Å²) in [5.74, 6) is 0.486. The number of amidine groups is 1. The van der Waals surface area contributed by atoms with Gasteiger partial charge in [-0.25, -0.2) is 9.38 Å². The van der Waals surface area contributed by atoms with Crippen LogP contribution in [0, 0.1) is 11.7 Å². The van der Waals surface area contributed by atoms with E-state index >= 15 is 0 Å². The van der Waals surface area contributed by atoms with Crippen molar-refractivity contribution < 1.29 is 4.39 Å². The fourth-order valence-corrected chi connectivity index (χ4v) is 1.43. The standard InChI is InChI=1S/C11H10ClFN2/c1-7-5-14-11(15-6-7)8-2-3-9(12)10(13)4-8/h2-5,7H,6H2,1H3. The van der Waals surface area contributed by atoms with E-state index in [1.165, 1.54) is 12.1 Å². The van der Waals surface area contributed by atoms with E-state index in [0.29, 0.717) is 23.9 Å². The average Bonchev–Trinajstić information content (AvgIpc) is 2.23. The van der Waals surface area contributed by atoms with Gasteiger partial charge in [-0.15, -0.1) is 0 Å². The molecule has 0 bridgehead atoms. The predicted molar refractivity (Wildman–Crippen MR) is 60.5 cm³/mol. The maximum atomic E-state index is 13.2. The van der Waals surface area contributed by atoms with Crippen LogP contribution in [0.4, 0.5) is 4.39 Å². The maximum Gasteiger partial charge on any atom is 0.154 e. The maximum absolute atomic E-state index is 13.2. The number of aliphatic imine (C=N–C) groups is 2.